The maximum Gasteiger partial charge on any atom is 0.343 e. The summed E-state index contributed by atoms with van der Waals surface area (Å²) in [5.41, 5.74) is 3.70. The molecular weight excluding hydrogens is 407 g/mol. The van der Waals surface area contributed by atoms with Gasteiger partial charge in [-0.05, 0) is 24.3 Å². The van der Waals surface area contributed by atoms with E-state index < -0.39 is 18.0 Å². The second kappa shape index (κ2) is 6.69. The van der Waals surface area contributed by atoms with E-state index in [0.717, 1.165) is 5.01 Å². The summed E-state index contributed by atoms with van der Waals surface area (Å²) in [6.07, 6.45) is 3.00. The summed E-state index contributed by atoms with van der Waals surface area (Å²) in [5.74, 6) is -0.715. The third-order valence-corrected chi connectivity index (χ3v) is 4.67. The summed E-state index contributed by atoms with van der Waals surface area (Å²) in [6.45, 7) is 0. The van der Waals surface area contributed by atoms with Crippen LogP contribution < -0.4 is 15.8 Å². The number of nitriles is 1. The predicted molar refractivity (Wildman–Crippen MR) is 101 cm³/mol. The van der Waals surface area contributed by atoms with Crippen molar-refractivity contribution in [3.05, 3.63) is 46.7 Å². The Morgan fingerprint density at radius 3 is 2.61 bits per heavy atom. The number of carbonyl (C=O) groups excluding carboxylic acids is 2. The van der Waals surface area contributed by atoms with Crippen LogP contribution in [-0.4, -0.2) is 32.6 Å². The molecule has 1 unspecified atom stereocenters. The molecule has 1 atom stereocenters. The minimum atomic E-state index is -1.24. The smallest absolute Gasteiger partial charge is 0.343 e. The second-order valence-corrected chi connectivity index (χ2v) is 6.69. The number of halogens is 2. The van der Waals surface area contributed by atoms with Crippen LogP contribution in [0.2, 0.25) is 10.0 Å². The number of urea groups is 1. The van der Waals surface area contributed by atoms with E-state index in [1.165, 1.54) is 18.3 Å². The molecule has 3 N–H and O–H groups in total. The highest BCUT2D eigenvalue weighted by atomic mass is 35.5. The number of nitrogens with one attached hydrogen (secondary N) is 2. The van der Waals surface area contributed by atoms with E-state index in [1.807, 2.05) is 0 Å². The molecule has 1 aromatic carbocycles. The standard InChI is InChI=1S/C17H10Cl2N6O3/c18-11-4-9(25-17(28)22-16(27)13(6-20)23-25)5-12(19)14(11)24-2-1-8-3-10(26)7-21-15(8)24/h1-5,7,13,23,26H,(H,22,27,28). The lowest BCUT2D eigenvalue weighted by Crippen LogP contribution is -2.64. The first kappa shape index (κ1) is 18.1. The van der Waals surface area contributed by atoms with Crippen LogP contribution in [0.1, 0.15) is 0 Å². The average Bonchev–Trinajstić information content (AvgIpc) is 3.04. The lowest BCUT2D eigenvalue weighted by Gasteiger charge is -2.30. The van der Waals surface area contributed by atoms with Crippen LogP contribution in [-0.2, 0) is 4.79 Å². The van der Waals surface area contributed by atoms with E-state index in [-0.39, 0.29) is 21.5 Å². The molecule has 1 fully saturated rings. The molecule has 28 heavy (non-hydrogen) atoms. The van der Waals surface area contributed by atoms with Gasteiger partial charge in [-0.2, -0.15) is 10.7 Å². The fourth-order valence-electron chi connectivity index (χ4n) is 2.86. The van der Waals surface area contributed by atoms with Gasteiger partial charge in [-0.25, -0.2) is 14.8 Å². The molecule has 0 bridgehead atoms. The van der Waals surface area contributed by atoms with Crippen LogP contribution in [0.4, 0.5) is 10.5 Å². The maximum absolute atomic E-state index is 12.1. The molecule has 0 radical (unpaired) electrons. The molecule has 1 aliphatic rings. The van der Waals surface area contributed by atoms with Gasteiger partial charge in [-0.1, -0.05) is 23.2 Å². The molecule has 4 rings (SSSR count). The number of amides is 3. The van der Waals surface area contributed by atoms with Crippen molar-refractivity contribution in [3.8, 4) is 17.5 Å². The zero-order valence-electron chi connectivity index (χ0n) is 13.8. The number of imide groups is 1. The summed E-state index contributed by atoms with van der Waals surface area (Å²) in [5, 5.41) is 22.7. The number of pyridine rings is 1. The van der Waals surface area contributed by atoms with Gasteiger partial charge >= 0.3 is 6.03 Å². The molecule has 9 nitrogen and oxygen atoms in total. The highest BCUT2D eigenvalue weighted by molar-refractivity contribution is 6.38. The highest BCUT2D eigenvalue weighted by Crippen LogP contribution is 2.36. The van der Waals surface area contributed by atoms with Crippen LogP contribution in [0.5, 0.6) is 5.75 Å². The lowest BCUT2D eigenvalue weighted by atomic mass is 10.2. The number of hydrazine groups is 1. The minimum Gasteiger partial charge on any atom is -0.506 e. The van der Waals surface area contributed by atoms with E-state index in [4.69, 9.17) is 28.5 Å². The molecule has 0 saturated carbocycles. The summed E-state index contributed by atoms with van der Waals surface area (Å²) in [4.78, 5) is 27.9. The fraction of sp³-hybridized carbons (Fsp3) is 0.0588. The first-order chi connectivity index (χ1) is 13.4. The number of fused-ring (bicyclic) bond motifs is 1. The SMILES string of the molecule is N#CC1NN(c2cc(Cl)c(-n3ccc4cc(O)cnc43)c(Cl)c2)C(=O)NC1=O. The molecule has 140 valence electrons. The van der Waals surface area contributed by atoms with Crippen molar-refractivity contribution in [1.82, 2.24) is 20.3 Å². The monoisotopic (exact) mass is 416 g/mol. The Morgan fingerprint density at radius 1 is 1.21 bits per heavy atom. The number of anilines is 1. The highest BCUT2D eigenvalue weighted by Gasteiger charge is 2.33. The zero-order chi connectivity index (χ0) is 20.0. The topological polar surface area (TPSA) is 123 Å². The summed E-state index contributed by atoms with van der Waals surface area (Å²) < 4.78 is 1.65. The number of benzene rings is 1. The number of aromatic nitrogens is 2. The molecule has 0 aliphatic carbocycles. The van der Waals surface area contributed by atoms with Crippen molar-refractivity contribution in [2.45, 2.75) is 6.04 Å². The van der Waals surface area contributed by atoms with Gasteiger partial charge < -0.3 is 5.11 Å². The largest absolute Gasteiger partial charge is 0.506 e. The van der Waals surface area contributed by atoms with E-state index in [1.54, 1.807) is 29.0 Å². The Kier molecular flexibility index (Phi) is 4.31. The van der Waals surface area contributed by atoms with Gasteiger partial charge in [0.1, 0.15) is 11.4 Å². The third-order valence-electron chi connectivity index (χ3n) is 4.10. The summed E-state index contributed by atoms with van der Waals surface area (Å²) in [7, 11) is 0. The number of nitrogens with zero attached hydrogens (tertiary/aromatic N) is 4. The Balaban J connectivity index is 1.78. The Bertz CT molecular complexity index is 1160. The number of hydrogen-bond acceptors (Lipinski definition) is 6. The van der Waals surface area contributed by atoms with Gasteiger partial charge in [0.15, 0.2) is 6.04 Å². The van der Waals surface area contributed by atoms with E-state index in [2.05, 4.69) is 15.7 Å². The average molecular weight is 417 g/mol. The fourth-order valence-corrected chi connectivity index (χ4v) is 3.52. The van der Waals surface area contributed by atoms with Crippen molar-refractivity contribution in [1.29, 1.82) is 5.26 Å². The van der Waals surface area contributed by atoms with Crippen LogP contribution in [0.3, 0.4) is 0 Å². The zero-order valence-corrected chi connectivity index (χ0v) is 15.4. The van der Waals surface area contributed by atoms with Gasteiger partial charge in [0.25, 0.3) is 5.91 Å². The molecule has 1 saturated heterocycles. The van der Waals surface area contributed by atoms with Crippen LogP contribution >= 0.6 is 23.2 Å². The third kappa shape index (κ3) is 2.90. The maximum atomic E-state index is 12.1. The van der Waals surface area contributed by atoms with E-state index >= 15 is 0 Å². The van der Waals surface area contributed by atoms with Crippen molar-refractivity contribution in [3.63, 3.8) is 0 Å². The predicted octanol–water partition coefficient (Wildman–Crippen LogP) is 2.49. The van der Waals surface area contributed by atoms with Gasteiger partial charge in [0.2, 0.25) is 0 Å². The van der Waals surface area contributed by atoms with Gasteiger partial charge in [0, 0.05) is 11.6 Å². The Morgan fingerprint density at radius 2 is 1.93 bits per heavy atom. The molecule has 2 aromatic heterocycles. The normalized spacial score (nSPS) is 16.9. The van der Waals surface area contributed by atoms with Crippen LogP contribution in [0.15, 0.2) is 36.7 Å². The molecule has 1 aliphatic heterocycles. The second-order valence-electron chi connectivity index (χ2n) is 5.87. The van der Waals surface area contributed by atoms with Crippen LogP contribution in [0.25, 0.3) is 16.7 Å². The minimum absolute atomic E-state index is 0.0292. The Labute approximate surface area is 167 Å². The van der Waals surface area contributed by atoms with Gasteiger partial charge in [-0.15, -0.1) is 0 Å². The summed E-state index contributed by atoms with van der Waals surface area (Å²) in [6, 6.07) is 5.97. The molecule has 3 amide bonds. The van der Waals surface area contributed by atoms with Crippen LogP contribution in [0, 0.1) is 11.3 Å². The van der Waals surface area contributed by atoms with Crippen molar-refractivity contribution >= 4 is 51.9 Å². The Hall–Kier alpha value is -3.32. The first-order valence-corrected chi connectivity index (χ1v) is 8.61. The van der Waals surface area contributed by atoms with E-state index in [0.29, 0.717) is 16.7 Å². The number of carbonyl (C=O) groups is 2. The molecule has 0 spiro atoms. The van der Waals surface area contributed by atoms with Crippen molar-refractivity contribution in [2.75, 3.05) is 5.01 Å². The van der Waals surface area contributed by atoms with Gasteiger partial charge in [-0.3, -0.25) is 14.7 Å². The van der Waals surface area contributed by atoms with Crippen molar-refractivity contribution in [2.24, 2.45) is 0 Å². The molecular formula is C17H10Cl2N6O3. The van der Waals surface area contributed by atoms with Gasteiger partial charge in [0.05, 0.1) is 33.7 Å². The molecule has 11 heteroatoms. The molecule has 3 heterocycles. The lowest BCUT2D eigenvalue weighted by molar-refractivity contribution is -0.121. The number of hydrogen-bond donors (Lipinski definition) is 3. The number of aromatic hydroxyl groups is 1. The van der Waals surface area contributed by atoms with Crippen molar-refractivity contribution < 1.29 is 14.7 Å². The van der Waals surface area contributed by atoms with E-state index in [9.17, 15) is 14.7 Å². The molecule has 3 aromatic rings. The number of rotatable bonds is 2. The first-order valence-electron chi connectivity index (χ1n) is 7.85. The quantitative estimate of drug-likeness (QED) is 0.589. The summed E-state index contributed by atoms with van der Waals surface area (Å²) >= 11 is 12.8.